The number of hydrogen-bond donors (Lipinski definition) is 2. The van der Waals surface area contributed by atoms with Crippen LogP contribution in [0.1, 0.15) is 12.8 Å². The summed E-state index contributed by atoms with van der Waals surface area (Å²) in [6.45, 7) is 4.75. The van der Waals surface area contributed by atoms with E-state index in [1.165, 1.54) is 0 Å². The predicted molar refractivity (Wildman–Crippen MR) is 70.2 cm³/mol. The molecule has 6 nitrogen and oxygen atoms in total. The molecule has 1 atom stereocenters. The molecule has 2 N–H and O–H groups in total. The average molecular weight is 277 g/mol. The lowest BCUT2D eigenvalue weighted by atomic mass is 10.2. The summed E-state index contributed by atoms with van der Waals surface area (Å²) in [6.07, 6.45) is 0.434. The Morgan fingerprint density at radius 2 is 1.89 bits per heavy atom. The van der Waals surface area contributed by atoms with Crippen LogP contribution >= 0.6 is 0 Å². The van der Waals surface area contributed by atoms with Gasteiger partial charge in [-0.05, 0) is 39.2 Å². The zero-order valence-electron chi connectivity index (χ0n) is 11.5. The summed E-state index contributed by atoms with van der Waals surface area (Å²) in [5.74, 6) is -2.19. The van der Waals surface area contributed by atoms with Crippen LogP contribution in [0, 0.1) is 0 Å². The first-order valence-corrected chi connectivity index (χ1v) is 9.01. The van der Waals surface area contributed by atoms with Crippen LogP contribution < -0.4 is 0 Å². The van der Waals surface area contributed by atoms with Crippen molar-refractivity contribution in [3.63, 3.8) is 0 Å². The Morgan fingerprint density at radius 1 is 1.33 bits per heavy atom. The van der Waals surface area contributed by atoms with E-state index < -0.39 is 26.3 Å². The molecule has 0 aliphatic rings. The van der Waals surface area contributed by atoms with Gasteiger partial charge >= 0.3 is 11.9 Å². The Hall–Kier alpha value is -0.923. The van der Waals surface area contributed by atoms with Crippen LogP contribution in [0.5, 0.6) is 0 Å². The zero-order chi connectivity index (χ0) is 14.3. The molecule has 7 heteroatoms. The van der Waals surface area contributed by atoms with Crippen LogP contribution in [-0.4, -0.2) is 62.1 Å². The minimum atomic E-state index is -1.63. The molecule has 0 bridgehead atoms. The zero-order valence-corrected chi connectivity index (χ0v) is 12.5. The number of rotatable bonds is 9. The van der Waals surface area contributed by atoms with Gasteiger partial charge in [0.2, 0.25) is 0 Å². The van der Waals surface area contributed by atoms with Gasteiger partial charge in [0, 0.05) is 7.11 Å². The number of carboxylic acids is 2. The molecule has 0 fully saturated rings. The molecule has 106 valence electrons. The van der Waals surface area contributed by atoms with Gasteiger partial charge in [-0.2, -0.15) is 0 Å². The molecular formula is C11H23NO5Si. The lowest BCUT2D eigenvalue weighted by molar-refractivity contribution is -0.149. The fraction of sp³-hybridized carbons (Fsp3) is 0.818. The number of hydrogen-bond acceptors (Lipinski definition) is 4. The maximum atomic E-state index is 11.0. The number of carbonyl (C=O) groups is 2. The van der Waals surface area contributed by atoms with Gasteiger partial charge in [-0.15, -0.1) is 0 Å². The lowest BCUT2D eigenvalue weighted by Gasteiger charge is -2.25. The Balaban J connectivity index is 4.23. The van der Waals surface area contributed by atoms with Crippen molar-refractivity contribution in [3.05, 3.63) is 0 Å². The molecule has 0 aliphatic heterocycles. The molecule has 18 heavy (non-hydrogen) atoms. The van der Waals surface area contributed by atoms with Gasteiger partial charge in [-0.3, -0.25) is 14.5 Å². The SMILES string of the molecule is CO[Si](C)(C)CCCN(C)[C@@H](CC(=O)O)C(=O)O. The Labute approximate surface area is 109 Å². The van der Waals surface area contributed by atoms with Crippen LogP contribution in [0.25, 0.3) is 0 Å². The van der Waals surface area contributed by atoms with E-state index in [9.17, 15) is 9.59 Å². The van der Waals surface area contributed by atoms with E-state index in [2.05, 4.69) is 13.1 Å². The highest BCUT2D eigenvalue weighted by atomic mass is 28.4. The summed E-state index contributed by atoms with van der Waals surface area (Å²) in [5.41, 5.74) is 0. The first-order chi connectivity index (χ1) is 8.19. The third-order valence-electron chi connectivity index (χ3n) is 3.03. The maximum Gasteiger partial charge on any atom is 0.321 e. The van der Waals surface area contributed by atoms with Crippen molar-refractivity contribution in [1.29, 1.82) is 0 Å². The molecule has 0 heterocycles. The first-order valence-electron chi connectivity index (χ1n) is 5.89. The monoisotopic (exact) mass is 277 g/mol. The summed E-state index contributed by atoms with van der Waals surface area (Å²) in [6, 6.07) is -0.0393. The second-order valence-electron chi connectivity index (χ2n) is 5.00. The topological polar surface area (TPSA) is 87.1 Å². The van der Waals surface area contributed by atoms with Crippen molar-refractivity contribution in [2.45, 2.75) is 38.0 Å². The number of aliphatic carboxylic acids is 2. The molecule has 0 aromatic heterocycles. The third-order valence-corrected chi connectivity index (χ3v) is 5.69. The highest BCUT2D eigenvalue weighted by Crippen LogP contribution is 2.13. The van der Waals surface area contributed by atoms with E-state index in [1.54, 1.807) is 19.1 Å². The first kappa shape index (κ1) is 17.1. The molecule has 0 radical (unpaired) electrons. The van der Waals surface area contributed by atoms with Crippen molar-refractivity contribution in [3.8, 4) is 0 Å². The van der Waals surface area contributed by atoms with Gasteiger partial charge < -0.3 is 14.6 Å². The Bertz CT molecular complexity index is 295. The van der Waals surface area contributed by atoms with Crippen LogP contribution in [0.3, 0.4) is 0 Å². The molecule has 0 amide bonds. The largest absolute Gasteiger partial charge is 0.481 e. The minimum Gasteiger partial charge on any atom is -0.481 e. The number of carboxylic acid groups (broad SMARTS) is 2. The molecule has 0 rings (SSSR count). The molecule has 0 aromatic carbocycles. The molecule has 0 unspecified atom stereocenters. The normalized spacial score (nSPS) is 13.6. The fourth-order valence-corrected chi connectivity index (χ4v) is 2.82. The quantitative estimate of drug-likeness (QED) is 0.613. The minimum absolute atomic E-state index is 0.378. The van der Waals surface area contributed by atoms with Crippen LogP contribution in [0.4, 0.5) is 0 Å². The molecular weight excluding hydrogens is 254 g/mol. The van der Waals surface area contributed by atoms with Gasteiger partial charge in [0.05, 0.1) is 6.42 Å². The summed E-state index contributed by atoms with van der Waals surface area (Å²) in [7, 11) is 1.71. The van der Waals surface area contributed by atoms with Crippen molar-refractivity contribution < 1.29 is 24.2 Å². The maximum absolute atomic E-state index is 11.0. The van der Waals surface area contributed by atoms with E-state index in [0.29, 0.717) is 6.54 Å². The van der Waals surface area contributed by atoms with Gasteiger partial charge in [0.25, 0.3) is 0 Å². The van der Waals surface area contributed by atoms with Gasteiger partial charge in [0.1, 0.15) is 6.04 Å². The van der Waals surface area contributed by atoms with Crippen LogP contribution in [0.15, 0.2) is 0 Å². The van der Waals surface area contributed by atoms with Crippen molar-refractivity contribution in [2.24, 2.45) is 0 Å². The van der Waals surface area contributed by atoms with Gasteiger partial charge in [-0.1, -0.05) is 0 Å². The van der Waals surface area contributed by atoms with Crippen molar-refractivity contribution in [2.75, 3.05) is 20.7 Å². The second-order valence-corrected chi connectivity index (χ2v) is 9.43. The standard InChI is InChI=1S/C11H23NO5Si/c1-12(6-5-7-18(3,4)17-2)9(11(15)16)8-10(13)14/h9H,5-8H2,1-4H3,(H,13,14)(H,15,16)/t9-/m0/s1. The molecule has 0 saturated heterocycles. The fourth-order valence-electron chi connectivity index (χ4n) is 1.61. The summed E-state index contributed by atoms with van der Waals surface area (Å²) in [4.78, 5) is 23.1. The van der Waals surface area contributed by atoms with Gasteiger partial charge in [-0.25, -0.2) is 0 Å². The van der Waals surface area contributed by atoms with E-state index in [4.69, 9.17) is 14.6 Å². The van der Waals surface area contributed by atoms with Crippen molar-refractivity contribution in [1.82, 2.24) is 4.90 Å². The molecule has 0 saturated carbocycles. The summed E-state index contributed by atoms with van der Waals surface area (Å²) < 4.78 is 5.40. The van der Waals surface area contributed by atoms with Gasteiger partial charge in [0.15, 0.2) is 8.32 Å². The molecule has 0 spiro atoms. The Morgan fingerprint density at radius 3 is 2.28 bits per heavy atom. The third kappa shape index (κ3) is 6.73. The summed E-state index contributed by atoms with van der Waals surface area (Å²) >= 11 is 0. The van der Waals surface area contributed by atoms with E-state index in [1.807, 2.05) is 0 Å². The predicted octanol–water partition coefficient (Wildman–Crippen LogP) is 1.09. The molecule has 0 aromatic rings. The lowest BCUT2D eigenvalue weighted by Crippen LogP contribution is -2.41. The highest BCUT2D eigenvalue weighted by Gasteiger charge is 2.26. The average Bonchev–Trinajstić information content (AvgIpc) is 2.24. The number of likely N-dealkylation sites (N-methyl/N-ethyl adjacent to an activating group) is 1. The second kappa shape index (κ2) is 7.50. The number of nitrogens with zero attached hydrogens (tertiary/aromatic N) is 1. The van der Waals surface area contributed by atoms with E-state index >= 15 is 0 Å². The van der Waals surface area contributed by atoms with Crippen molar-refractivity contribution >= 4 is 20.3 Å². The summed E-state index contributed by atoms with van der Waals surface area (Å²) in [5, 5.41) is 17.6. The van der Waals surface area contributed by atoms with E-state index in [0.717, 1.165) is 12.5 Å². The van der Waals surface area contributed by atoms with E-state index in [-0.39, 0.29) is 6.42 Å². The highest BCUT2D eigenvalue weighted by molar-refractivity contribution is 6.71. The molecule has 0 aliphatic carbocycles. The van der Waals surface area contributed by atoms with Crippen LogP contribution in [-0.2, 0) is 14.0 Å². The smallest absolute Gasteiger partial charge is 0.321 e. The van der Waals surface area contributed by atoms with Crippen LogP contribution in [0.2, 0.25) is 19.1 Å². The Kier molecular flexibility index (Phi) is 7.11.